The van der Waals surface area contributed by atoms with E-state index in [1.165, 1.54) is 0 Å². The van der Waals surface area contributed by atoms with Crippen molar-refractivity contribution in [1.82, 2.24) is 9.78 Å². The number of nitrogens with one attached hydrogen (secondary N) is 1. The number of hydrogen-bond donors (Lipinski definition) is 1. The summed E-state index contributed by atoms with van der Waals surface area (Å²) in [5, 5.41) is 7.75. The third kappa shape index (κ3) is 3.74. The Bertz CT molecular complexity index is 887. The molecule has 0 saturated carbocycles. The number of carbonyl (C=O) groups excluding carboxylic acids is 1. The molecule has 1 aromatic heterocycles. The molecule has 25 heavy (non-hydrogen) atoms. The first-order valence-corrected chi connectivity index (χ1v) is 8.64. The maximum Gasteiger partial charge on any atom is 0.260 e. The molecule has 0 aliphatic rings. The van der Waals surface area contributed by atoms with Crippen LogP contribution in [-0.4, -0.2) is 15.7 Å². The zero-order chi connectivity index (χ0) is 17.8. The quantitative estimate of drug-likeness (QED) is 0.722. The minimum atomic E-state index is -0.234. The lowest BCUT2D eigenvalue weighted by Crippen LogP contribution is -2.14. The summed E-state index contributed by atoms with van der Waals surface area (Å²) in [6, 6.07) is 17.7. The number of anilines is 1. The van der Waals surface area contributed by atoms with Gasteiger partial charge in [-0.2, -0.15) is 5.10 Å². The number of nitrogens with zero attached hydrogens (tertiary/aromatic N) is 2. The monoisotopic (exact) mass is 353 g/mol. The third-order valence-electron chi connectivity index (χ3n) is 4.11. The third-order valence-corrected chi connectivity index (χ3v) is 4.50. The van der Waals surface area contributed by atoms with Crippen LogP contribution in [0.3, 0.4) is 0 Å². The summed E-state index contributed by atoms with van der Waals surface area (Å²) in [6.45, 7) is 4.38. The zero-order valence-corrected chi connectivity index (χ0v) is 15.0. The van der Waals surface area contributed by atoms with Crippen LogP contribution in [0.4, 0.5) is 5.69 Å². The zero-order valence-electron chi connectivity index (χ0n) is 14.3. The summed E-state index contributed by atoms with van der Waals surface area (Å²) in [6.07, 6.45) is 0.844. The Morgan fingerprint density at radius 3 is 2.52 bits per heavy atom. The molecule has 2 aromatic carbocycles. The number of para-hydroxylation sites is 1. The topological polar surface area (TPSA) is 46.9 Å². The normalized spacial score (nSPS) is 10.7. The molecule has 0 unspecified atom stereocenters. The Labute approximate surface area is 152 Å². The van der Waals surface area contributed by atoms with Crippen LogP contribution in [0.5, 0.6) is 0 Å². The van der Waals surface area contributed by atoms with Crippen LogP contribution in [0.25, 0.3) is 0 Å². The maximum atomic E-state index is 12.7. The summed E-state index contributed by atoms with van der Waals surface area (Å²) in [5.74, 6) is -0.234. The predicted molar refractivity (Wildman–Crippen MR) is 101 cm³/mol. The van der Waals surface area contributed by atoms with Crippen molar-refractivity contribution in [3.8, 4) is 0 Å². The molecule has 0 radical (unpaired) electrons. The van der Waals surface area contributed by atoms with Crippen molar-refractivity contribution in [1.29, 1.82) is 0 Å². The van der Waals surface area contributed by atoms with E-state index < -0.39 is 0 Å². The molecule has 5 heteroatoms. The maximum absolute atomic E-state index is 12.7. The van der Waals surface area contributed by atoms with E-state index >= 15 is 0 Å². The van der Waals surface area contributed by atoms with Gasteiger partial charge in [0.2, 0.25) is 0 Å². The average Bonchev–Trinajstić information content (AvgIpc) is 2.90. The molecule has 0 bridgehead atoms. The van der Waals surface area contributed by atoms with Crippen LogP contribution in [0, 0.1) is 6.92 Å². The number of amides is 1. The van der Waals surface area contributed by atoms with Crippen molar-refractivity contribution in [2.75, 3.05) is 5.32 Å². The first-order chi connectivity index (χ1) is 12.1. The molecule has 4 nitrogen and oxygen atoms in total. The second-order valence-corrected chi connectivity index (χ2v) is 6.22. The van der Waals surface area contributed by atoms with Gasteiger partial charge in [0.15, 0.2) is 0 Å². The molecule has 1 amide bonds. The summed E-state index contributed by atoms with van der Waals surface area (Å²) in [5.41, 5.74) is 4.01. The van der Waals surface area contributed by atoms with Crippen LogP contribution >= 0.6 is 11.6 Å². The predicted octanol–water partition coefficient (Wildman–Crippen LogP) is 4.71. The van der Waals surface area contributed by atoms with Gasteiger partial charge in [-0.1, -0.05) is 67.1 Å². The van der Waals surface area contributed by atoms with Crippen molar-refractivity contribution < 1.29 is 4.79 Å². The van der Waals surface area contributed by atoms with Crippen molar-refractivity contribution in [2.24, 2.45) is 0 Å². The van der Waals surface area contributed by atoms with E-state index in [4.69, 9.17) is 11.6 Å². The molecule has 3 aromatic rings. The Morgan fingerprint density at radius 2 is 1.80 bits per heavy atom. The van der Waals surface area contributed by atoms with Crippen LogP contribution in [0.1, 0.15) is 34.1 Å². The van der Waals surface area contributed by atoms with E-state index in [2.05, 4.69) is 17.3 Å². The van der Waals surface area contributed by atoms with E-state index in [0.29, 0.717) is 23.0 Å². The summed E-state index contributed by atoms with van der Waals surface area (Å²) in [7, 11) is 0. The molecular formula is C20H20ClN3O. The highest BCUT2D eigenvalue weighted by atomic mass is 35.5. The molecule has 0 saturated heterocycles. The number of carbonyl (C=O) groups is 1. The number of halogens is 1. The molecule has 0 aliphatic carbocycles. The second kappa shape index (κ2) is 7.53. The van der Waals surface area contributed by atoms with Crippen LogP contribution in [-0.2, 0) is 13.0 Å². The van der Waals surface area contributed by atoms with E-state index in [9.17, 15) is 4.79 Å². The van der Waals surface area contributed by atoms with Gasteiger partial charge in [-0.05, 0) is 30.5 Å². The average molecular weight is 354 g/mol. The first-order valence-electron chi connectivity index (χ1n) is 8.26. The lowest BCUT2D eigenvalue weighted by Gasteiger charge is -2.09. The largest absolute Gasteiger partial charge is 0.322 e. The van der Waals surface area contributed by atoms with Crippen molar-refractivity contribution in [3.05, 3.63) is 82.1 Å². The van der Waals surface area contributed by atoms with Crippen LogP contribution in [0.2, 0.25) is 5.15 Å². The Morgan fingerprint density at radius 1 is 1.12 bits per heavy atom. The molecule has 1 N–H and O–H groups in total. The van der Waals surface area contributed by atoms with E-state index in [1.54, 1.807) is 11.6 Å². The highest BCUT2D eigenvalue weighted by molar-refractivity contribution is 6.33. The Kier molecular flexibility index (Phi) is 5.19. The van der Waals surface area contributed by atoms with Gasteiger partial charge in [0.1, 0.15) is 5.15 Å². The molecule has 0 atom stereocenters. The smallest absolute Gasteiger partial charge is 0.260 e. The Hall–Kier alpha value is -2.59. The second-order valence-electron chi connectivity index (χ2n) is 5.86. The minimum absolute atomic E-state index is 0.234. The molecular weight excluding hydrogens is 334 g/mol. The van der Waals surface area contributed by atoms with Gasteiger partial charge in [-0.15, -0.1) is 0 Å². The number of benzene rings is 2. The highest BCUT2D eigenvalue weighted by Gasteiger charge is 2.21. The fourth-order valence-corrected chi connectivity index (χ4v) is 3.13. The molecule has 3 rings (SSSR count). The number of aryl methyl sites for hydroxylation is 2. The fraction of sp³-hybridized carbons (Fsp3) is 0.200. The Balaban J connectivity index is 1.86. The van der Waals surface area contributed by atoms with Crippen molar-refractivity contribution >= 4 is 23.2 Å². The van der Waals surface area contributed by atoms with Gasteiger partial charge in [0.25, 0.3) is 5.91 Å². The fourth-order valence-electron chi connectivity index (χ4n) is 2.81. The van der Waals surface area contributed by atoms with Gasteiger partial charge in [-0.3, -0.25) is 4.79 Å². The first kappa shape index (κ1) is 17.2. The van der Waals surface area contributed by atoms with Gasteiger partial charge in [0, 0.05) is 5.69 Å². The number of rotatable bonds is 5. The molecule has 1 heterocycles. The summed E-state index contributed by atoms with van der Waals surface area (Å²) in [4.78, 5) is 12.7. The SMILES string of the molecule is CCc1ccccc1NC(=O)c1c(C)nn(Cc2ccccc2)c1Cl. The van der Waals surface area contributed by atoms with Gasteiger partial charge in [0.05, 0.1) is 17.8 Å². The molecule has 0 aliphatic heterocycles. The van der Waals surface area contributed by atoms with Gasteiger partial charge in [-0.25, -0.2) is 4.68 Å². The molecule has 128 valence electrons. The number of hydrogen-bond acceptors (Lipinski definition) is 2. The minimum Gasteiger partial charge on any atom is -0.322 e. The lowest BCUT2D eigenvalue weighted by molar-refractivity contribution is 0.102. The summed E-state index contributed by atoms with van der Waals surface area (Å²) >= 11 is 6.45. The van der Waals surface area contributed by atoms with Crippen LogP contribution < -0.4 is 5.32 Å². The van der Waals surface area contributed by atoms with E-state index in [0.717, 1.165) is 23.2 Å². The van der Waals surface area contributed by atoms with Crippen LogP contribution in [0.15, 0.2) is 54.6 Å². The molecule has 0 fully saturated rings. The lowest BCUT2D eigenvalue weighted by atomic mass is 10.1. The van der Waals surface area contributed by atoms with Crippen molar-refractivity contribution in [2.45, 2.75) is 26.8 Å². The highest BCUT2D eigenvalue weighted by Crippen LogP contribution is 2.23. The molecule has 0 spiro atoms. The standard InChI is InChI=1S/C20H20ClN3O/c1-3-16-11-7-8-12-17(16)22-20(25)18-14(2)23-24(19(18)21)13-15-9-5-4-6-10-15/h4-12H,3,13H2,1-2H3,(H,22,25). The van der Waals surface area contributed by atoms with E-state index in [1.807, 2.05) is 54.6 Å². The van der Waals surface area contributed by atoms with E-state index in [-0.39, 0.29) is 5.91 Å². The number of aromatic nitrogens is 2. The van der Waals surface area contributed by atoms with Gasteiger partial charge < -0.3 is 5.32 Å². The van der Waals surface area contributed by atoms with Crippen molar-refractivity contribution in [3.63, 3.8) is 0 Å². The van der Waals surface area contributed by atoms with Gasteiger partial charge >= 0.3 is 0 Å². The summed E-state index contributed by atoms with van der Waals surface area (Å²) < 4.78 is 1.66.